The third-order valence-corrected chi connectivity index (χ3v) is 6.40. The number of rotatable bonds is 2. The molecule has 2 aliphatic rings. The number of fused-ring (bicyclic) bond motifs is 1. The van der Waals surface area contributed by atoms with Gasteiger partial charge in [-0.15, -0.1) is 11.8 Å². The molecule has 2 N–H and O–H groups in total. The van der Waals surface area contributed by atoms with Crippen LogP contribution in [0.1, 0.15) is 49.1 Å². The highest BCUT2D eigenvalue weighted by atomic mass is 32.2. The Balaban J connectivity index is 1.82. The minimum absolute atomic E-state index is 0.0644. The number of halogens is 2. The summed E-state index contributed by atoms with van der Waals surface area (Å²) in [6.07, 6.45) is 1.34. The zero-order valence-corrected chi connectivity index (χ0v) is 16.4. The molecule has 150 valence electrons. The van der Waals surface area contributed by atoms with Crippen LogP contribution in [0.5, 0.6) is 0 Å². The van der Waals surface area contributed by atoms with Gasteiger partial charge in [-0.1, -0.05) is 6.07 Å². The monoisotopic (exact) mass is 409 g/mol. The highest BCUT2D eigenvalue weighted by molar-refractivity contribution is 8.00. The van der Waals surface area contributed by atoms with Crippen LogP contribution in [0.4, 0.5) is 14.6 Å². The molecule has 0 radical (unpaired) electrons. The van der Waals surface area contributed by atoms with Gasteiger partial charge in [0.05, 0.1) is 28.2 Å². The second-order valence-electron chi connectivity index (χ2n) is 7.73. The van der Waals surface area contributed by atoms with Crippen molar-refractivity contribution in [2.75, 3.05) is 17.7 Å². The van der Waals surface area contributed by atoms with Crippen LogP contribution in [0.3, 0.4) is 0 Å². The quantitative estimate of drug-likeness (QED) is 0.798. The van der Waals surface area contributed by atoms with Crippen molar-refractivity contribution >= 4 is 23.5 Å². The molecule has 6 nitrogen and oxygen atoms in total. The van der Waals surface area contributed by atoms with Crippen molar-refractivity contribution in [3.63, 3.8) is 0 Å². The maximum atomic E-state index is 14.5. The molecule has 1 aromatic heterocycles. The Labute approximate surface area is 164 Å². The normalized spacial score (nSPS) is 24.4. The Hall–Kier alpha value is -2.13. The molecule has 3 heterocycles. The molecule has 2 atom stereocenters. The maximum absolute atomic E-state index is 14.5. The van der Waals surface area contributed by atoms with Crippen molar-refractivity contribution in [1.82, 2.24) is 9.78 Å². The van der Waals surface area contributed by atoms with Gasteiger partial charge in [0.15, 0.2) is 0 Å². The van der Waals surface area contributed by atoms with Crippen molar-refractivity contribution in [3.8, 4) is 0 Å². The summed E-state index contributed by atoms with van der Waals surface area (Å²) in [6, 6.07) is 3.21. The van der Waals surface area contributed by atoms with Crippen molar-refractivity contribution in [2.45, 2.75) is 43.6 Å². The molecule has 1 fully saturated rings. The standard InChI is InChI=1S/C19H21F2N3O3S/c1-19(2)8-11(5-6-27-19)24-17-15(18(26)23-24)16(28-9-14(25)22-17)12-4-3-10(20)7-13(12)21/h3-4,7,11,16H,5-6,8-9H2,1-2H3,(H,22,25)(H,23,26)/t11-,16-/m0/s1. The predicted molar refractivity (Wildman–Crippen MR) is 103 cm³/mol. The molecule has 28 heavy (non-hydrogen) atoms. The number of carbonyl (C=O) groups excluding carboxylic acids is 1. The number of benzene rings is 1. The smallest absolute Gasteiger partial charge is 0.270 e. The lowest BCUT2D eigenvalue weighted by molar-refractivity contribution is -0.113. The lowest BCUT2D eigenvalue weighted by atomic mass is 9.94. The van der Waals surface area contributed by atoms with Gasteiger partial charge in [-0.2, -0.15) is 0 Å². The van der Waals surface area contributed by atoms with Crippen molar-refractivity contribution in [2.24, 2.45) is 0 Å². The third kappa shape index (κ3) is 3.48. The van der Waals surface area contributed by atoms with Crippen LogP contribution in [0, 0.1) is 11.6 Å². The number of amides is 1. The van der Waals surface area contributed by atoms with E-state index in [1.165, 1.54) is 6.07 Å². The van der Waals surface area contributed by atoms with Gasteiger partial charge in [0.1, 0.15) is 17.5 Å². The SMILES string of the molecule is CC1(C)C[C@@H](n2[nH]c(=O)c3c2NC(=O)CS[C@H]3c2ccc(F)cc2F)CCO1. The molecule has 9 heteroatoms. The lowest BCUT2D eigenvalue weighted by Crippen LogP contribution is -2.36. The predicted octanol–water partition coefficient (Wildman–Crippen LogP) is 3.36. The first-order valence-electron chi connectivity index (χ1n) is 9.10. The number of ether oxygens (including phenoxy) is 1. The van der Waals surface area contributed by atoms with E-state index in [9.17, 15) is 18.4 Å². The van der Waals surface area contributed by atoms with E-state index >= 15 is 0 Å². The van der Waals surface area contributed by atoms with Crippen LogP contribution >= 0.6 is 11.8 Å². The number of aromatic nitrogens is 2. The Morgan fingerprint density at radius 2 is 2.07 bits per heavy atom. The summed E-state index contributed by atoms with van der Waals surface area (Å²) in [7, 11) is 0. The zero-order valence-electron chi connectivity index (χ0n) is 15.6. The second kappa shape index (κ2) is 7.04. The van der Waals surface area contributed by atoms with Gasteiger partial charge >= 0.3 is 0 Å². The van der Waals surface area contributed by atoms with E-state index in [0.29, 0.717) is 25.3 Å². The zero-order chi connectivity index (χ0) is 20.1. The molecule has 0 unspecified atom stereocenters. The van der Waals surface area contributed by atoms with Gasteiger partial charge in [0.2, 0.25) is 5.91 Å². The van der Waals surface area contributed by atoms with E-state index in [2.05, 4.69) is 10.4 Å². The van der Waals surface area contributed by atoms with Crippen LogP contribution in [-0.4, -0.2) is 33.6 Å². The molecule has 1 amide bonds. The number of H-pyrrole nitrogens is 1. The number of carbonyl (C=O) groups is 1. The van der Waals surface area contributed by atoms with Crippen molar-refractivity contribution in [1.29, 1.82) is 0 Å². The molecule has 0 aliphatic carbocycles. The van der Waals surface area contributed by atoms with Crippen molar-refractivity contribution in [3.05, 3.63) is 51.3 Å². The van der Waals surface area contributed by atoms with E-state index in [1.807, 2.05) is 13.8 Å². The molecule has 2 aromatic rings. The Kier molecular flexibility index (Phi) is 4.83. The molecule has 1 saturated heterocycles. The van der Waals surface area contributed by atoms with Crippen molar-refractivity contribution < 1.29 is 18.3 Å². The third-order valence-electron chi connectivity index (χ3n) is 5.14. The molecular formula is C19H21F2N3O3S. The first kappa shape index (κ1) is 19.2. The fourth-order valence-corrected chi connectivity index (χ4v) is 5.04. The van der Waals surface area contributed by atoms with Crippen LogP contribution in [0.15, 0.2) is 23.0 Å². The molecule has 0 spiro atoms. The largest absolute Gasteiger partial charge is 0.375 e. The van der Waals surface area contributed by atoms with E-state index < -0.39 is 16.9 Å². The summed E-state index contributed by atoms with van der Waals surface area (Å²) in [5.41, 5.74) is -0.281. The number of hydrogen-bond donors (Lipinski definition) is 2. The van der Waals surface area contributed by atoms with Crippen LogP contribution < -0.4 is 10.9 Å². The fourth-order valence-electron chi connectivity index (χ4n) is 3.90. The summed E-state index contributed by atoms with van der Waals surface area (Å²) in [6.45, 7) is 4.49. The molecule has 0 saturated carbocycles. The summed E-state index contributed by atoms with van der Waals surface area (Å²) < 4.78 is 35.2. The topological polar surface area (TPSA) is 76.1 Å². The van der Waals surface area contributed by atoms with Crippen LogP contribution in [0.25, 0.3) is 0 Å². The van der Waals surface area contributed by atoms with Gasteiger partial charge < -0.3 is 10.1 Å². The molecular weight excluding hydrogens is 388 g/mol. The van der Waals surface area contributed by atoms with Gasteiger partial charge in [-0.3, -0.25) is 19.4 Å². The molecule has 1 aromatic carbocycles. The number of anilines is 1. The molecule has 4 rings (SSSR count). The molecule has 0 bridgehead atoms. The number of nitrogens with zero attached hydrogens (tertiary/aromatic N) is 1. The minimum atomic E-state index is -0.739. The minimum Gasteiger partial charge on any atom is -0.375 e. The van der Waals surface area contributed by atoms with E-state index in [1.54, 1.807) is 4.68 Å². The second-order valence-corrected chi connectivity index (χ2v) is 8.83. The Morgan fingerprint density at radius 1 is 1.29 bits per heavy atom. The summed E-state index contributed by atoms with van der Waals surface area (Å²) in [5, 5.41) is 4.91. The highest BCUT2D eigenvalue weighted by Gasteiger charge is 2.36. The summed E-state index contributed by atoms with van der Waals surface area (Å²) in [5.74, 6) is -1.27. The Bertz CT molecular complexity index is 985. The van der Waals surface area contributed by atoms with E-state index in [-0.39, 0.29) is 40.0 Å². The average molecular weight is 409 g/mol. The first-order valence-corrected chi connectivity index (χ1v) is 10.1. The van der Waals surface area contributed by atoms with Crippen LogP contribution in [0.2, 0.25) is 0 Å². The number of nitrogens with one attached hydrogen (secondary N) is 2. The van der Waals surface area contributed by atoms with Crippen LogP contribution in [-0.2, 0) is 9.53 Å². The first-order chi connectivity index (χ1) is 13.2. The fraction of sp³-hybridized carbons (Fsp3) is 0.474. The summed E-state index contributed by atoms with van der Waals surface area (Å²) in [4.78, 5) is 25.1. The highest BCUT2D eigenvalue weighted by Crippen LogP contribution is 2.42. The van der Waals surface area contributed by atoms with Gasteiger partial charge in [-0.05, 0) is 32.8 Å². The Morgan fingerprint density at radius 3 is 2.79 bits per heavy atom. The number of aromatic amines is 1. The summed E-state index contributed by atoms with van der Waals surface area (Å²) >= 11 is 1.15. The molecule has 2 aliphatic heterocycles. The van der Waals surface area contributed by atoms with Gasteiger partial charge in [0.25, 0.3) is 5.56 Å². The maximum Gasteiger partial charge on any atom is 0.270 e. The van der Waals surface area contributed by atoms with E-state index in [4.69, 9.17) is 4.74 Å². The number of hydrogen-bond acceptors (Lipinski definition) is 4. The lowest BCUT2D eigenvalue weighted by Gasteiger charge is -2.36. The van der Waals surface area contributed by atoms with Gasteiger partial charge in [0, 0.05) is 18.2 Å². The average Bonchev–Trinajstić information content (AvgIpc) is 2.81. The van der Waals surface area contributed by atoms with E-state index in [0.717, 1.165) is 23.9 Å². The van der Waals surface area contributed by atoms with Gasteiger partial charge in [-0.25, -0.2) is 8.78 Å². The number of thioether (sulfide) groups is 1.